The fourth-order valence-corrected chi connectivity index (χ4v) is 4.78. The van der Waals surface area contributed by atoms with Crippen LogP contribution in [-0.4, -0.2) is 23.1 Å². The van der Waals surface area contributed by atoms with Crippen LogP contribution in [-0.2, 0) is 5.41 Å². The second-order valence-electron chi connectivity index (χ2n) is 7.21. The molecule has 1 aliphatic rings. The van der Waals surface area contributed by atoms with Crippen LogP contribution in [0, 0.1) is 0 Å². The SMILES string of the molecule is CC(C)(C)c1ccc(C(=O)N2CCS[C@H]2c2ccc(Cl)cc2Cl)cc1. The number of amides is 1. The maximum absolute atomic E-state index is 13.0. The predicted octanol–water partition coefficient (Wildman–Crippen LogP) is 6.18. The summed E-state index contributed by atoms with van der Waals surface area (Å²) in [5.41, 5.74) is 2.95. The Bertz CT molecular complexity index is 783. The average Bonchev–Trinajstić information content (AvgIpc) is 3.03. The van der Waals surface area contributed by atoms with Gasteiger partial charge in [-0.15, -0.1) is 11.8 Å². The summed E-state index contributed by atoms with van der Waals surface area (Å²) < 4.78 is 0. The van der Waals surface area contributed by atoms with Crippen molar-refractivity contribution in [3.05, 3.63) is 69.2 Å². The normalized spacial score (nSPS) is 17.8. The fraction of sp³-hybridized carbons (Fsp3) is 0.350. The zero-order valence-corrected chi connectivity index (χ0v) is 16.9. The molecule has 132 valence electrons. The number of nitrogens with zero attached hydrogens (tertiary/aromatic N) is 1. The number of hydrogen-bond donors (Lipinski definition) is 0. The second kappa shape index (κ2) is 7.22. The summed E-state index contributed by atoms with van der Waals surface area (Å²) in [4.78, 5) is 14.9. The van der Waals surface area contributed by atoms with Gasteiger partial charge in [0.25, 0.3) is 5.91 Å². The number of carbonyl (C=O) groups is 1. The van der Waals surface area contributed by atoms with Gasteiger partial charge in [-0.05, 0) is 35.2 Å². The van der Waals surface area contributed by atoms with Gasteiger partial charge in [-0.2, -0.15) is 0 Å². The van der Waals surface area contributed by atoms with Crippen molar-refractivity contribution in [1.82, 2.24) is 4.90 Å². The van der Waals surface area contributed by atoms with Gasteiger partial charge in [0.15, 0.2) is 0 Å². The lowest BCUT2D eigenvalue weighted by Crippen LogP contribution is -2.30. The van der Waals surface area contributed by atoms with Crippen molar-refractivity contribution in [3.63, 3.8) is 0 Å². The van der Waals surface area contributed by atoms with Crippen molar-refractivity contribution in [2.24, 2.45) is 0 Å². The quantitative estimate of drug-likeness (QED) is 0.606. The standard InChI is InChI=1S/C20H21Cl2NOS/c1-20(2,3)14-6-4-13(5-7-14)18(24)23-10-11-25-19(23)16-9-8-15(21)12-17(16)22/h4-9,12,19H,10-11H2,1-3H3/t19-/m0/s1. The van der Waals surface area contributed by atoms with E-state index in [-0.39, 0.29) is 16.7 Å². The molecule has 0 radical (unpaired) electrons. The van der Waals surface area contributed by atoms with Crippen molar-refractivity contribution < 1.29 is 4.79 Å². The third-order valence-electron chi connectivity index (χ3n) is 4.38. The van der Waals surface area contributed by atoms with Crippen LogP contribution >= 0.6 is 35.0 Å². The fourth-order valence-electron chi connectivity index (χ4n) is 2.92. The van der Waals surface area contributed by atoms with E-state index in [9.17, 15) is 4.79 Å². The van der Waals surface area contributed by atoms with Crippen molar-refractivity contribution in [2.75, 3.05) is 12.3 Å². The molecule has 0 N–H and O–H groups in total. The van der Waals surface area contributed by atoms with Gasteiger partial charge in [0.05, 0.1) is 0 Å². The van der Waals surface area contributed by atoms with E-state index in [0.29, 0.717) is 22.2 Å². The molecule has 0 bridgehead atoms. The predicted molar refractivity (Wildman–Crippen MR) is 108 cm³/mol. The van der Waals surface area contributed by atoms with Gasteiger partial charge in [-0.25, -0.2) is 0 Å². The monoisotopic (exact) mass is 393 g/mol. The Hall–Kier alpha value is -1.16. The number of benzene rings is 2. The first-order valence-corrected chi connectivity index (χ1v) is 10.1. The molecule has 2 nitrogen and oxygen atoms in total. The molecule has 3 rings (SSSR count). The summed E-state index contributed by atoms with van der Waals surface area (Å²) in [7, 11) is 0. The maximum atomic E-state index is 13.0. The Morgan fingerprint density at radius 1 is 1.12 bits per heavy atom. The molecule has 0 unspecified atom stereocenters. The minimum atomic E-state index is -0.0699. The molecule has 1 saturated heterocycles. The Morgan fingerprint density at radius 3 is 2.40 bits per heavy atom. The highest BCUT2D eigenvalue weighted by atomic mass is 35.5. The van der Waals surface area contributed by atoms with E-state index in [1.807, 2.05) is 41.3 Å². The third-order valence-corrected chi connectivity index (χ3v) is 6.18. The molecule has 0 saturated carbocycles. The summed E-state index contributed by atoms with van der Waals surface area (Å²) in [6, 6.07) is 13.4. The molecule has 5 heteroatoms. The van der Waals surface area contributed by atoms with E-state index >= 15 is 0 Å². The van der Waals surface area contributed by atoms with Crippen LogP contribution in [0.2, 0.25) is 10.0 Å². The first kappa shape index (κ1) is 18.6. The lowest BCUT2D eigenvalue weighted by atomic mass is 9.86. The van der Waals surface area contributed by atoms with Crippen LogP contribution in [0.25, 0.3) is 0 Å². The van der Waals surface area contributed by atoms with Crippen LogP contribution in [0.15, 0.2) is 42.5 Å². The molecule has 1 atom stereocenters. The largest absolute Gasteiger partial charge is 0.322 e. The highest BCUT2D eigenvalue weighted by Crippen LogP contribution is 2.42. The molecule has 1 fully saturated rings. The molecule has 1 heterocycles. The van der Waals surface area contributed by atoms with Gasteiger partial charge in [-0.1, -0.05) is 62.2 Å². The second-order valence-corrected chi connectivity index (χ2v) is 9.25. The molecule has 2 aromatic carbocycles. The Balaban J connectivity index is 1.86. The molecular formula is C20H21Cl2NOS. The summed E-state index contributed by atoms with van der Waals surface area (Å²) >= 11 is 14.1. The number of thioether (sulfide) groups is 1. The zero-order valence-electron chi connectivity index (χ0n) is 14.6. The summed E-state index contributed by atoms with van der Waals surface area (Å²) in [5.74, 6) is 0.941. The van der Waals surface area contributed by atoms with Gasteiger partial charge in [0, 0.05) is 33.5 Å². The Labute approximate surface area is 163 Å². The molecular weight excluding hydrogens is 373 g/mol. The minimum absolute atomic E-state index is 0.0430. The number of carbonyl (C=O) groups excluding carboxylic acids is 1. The zero-order chi connectivity index (χ0) is 18.2. The highest BCUT2D eigenvalue weighted by molar-refractivity contribution is 7.99. The minimum Gasteiger partial charge on any atom is -0.322 e. The third kappa shape index (κ3) is 3.99. The lowest BCUT2D eigenvalue weighted by Gasteiger charge is -2.25. The molecule has 0 aliphatic carbocycles. The van der Waals surface area contributed by atoms with Crippen LogP contribution < -0.4 is 0 Å². The van der Waals surface area contributed by atoms with E-state index in [2.05, 4.69) is 20.8 Å². The van der Waals surface area contributed by atoms with Crippen LogP contribution in [0.1, 0.15) is 47.6 Å². The molecule has 1 amide bonds. The van der Waals surface area contributed by atoms with Crippen molar-refractivity contribution in [2.45, 2.75) is 31.6 Å². The average molecular weight is 394 g/mol. The van der Waals surface area contributed by atoms with Crippen molar-refractivity contribution in [3.8, 4) is 0 Å². The molecule has 0 spiro atoms. The smallest absolute Gasteiger partial charge is 0.255 e. The van der Waals surface area contributed by atoms with E-state index in [0.717, 1.165) is 11.3 Å². The van der Waals surface area contributed by atoms with E-state index in [4.69, 9.17) is 23.2 Å². The van der Waals surface area contributed by atoms with E-state index in [1.54, 1.807) is 17.8 Å². The molecule has 25 heavy (non-hydrogen) atoms. The van der Waals surface area contributed by atoms with Gasteiger partial charge in [0.2, 0.25) is 0 Å². The van der Waals surface area contributed by atoms with Gasteiger partial charge in [0.1, 0.15) is 5.37 Å². The Kier molecular flexibility index (Phi) is 5.38. The molecule has 0 aromatic heterocycles. The topological polar surface area (TPSA) is 20.3 Å². The number of halogens is 2. The summed E-state index contributed by atoms with van der Waals surface area (Å²) in [5, 5.41) is 1.14. The van der Waals surface area contributed by atoms with Gasteiger partial charge >= 0.3 is 0 Å². The first-order chi connectivity index (χ1) is 11.8. The van der Waals surface area contributed by atoms with Crippen LogP contribution in [0.4, 0.5) is 0 Å². The van der Waals surface area contributed by atoms with E-state index < -0.39 is 0 Å². The van der Waals surface area contributed by atoms with Crippen molar-refractivity contribution >= 4 is 40.9 Å². The van der Waals surface area contributed by atoms with Crippen molar-refractivity contribution in [1.29, 1.82) is 0 Å². The molecule has 2 aromatic rings. The number of rotatable bonds is 2. The Morgan fingerprint density at radius 2 is 1.80 bits per heavy atom. The lowest BCUT2D eigenvalue weighted by molar-refractivity contribution is 0.0760. The number of hydrogen-bond acceptors (Lipinski definition) is 2. The first-order valence-electron chi connectivity index (χ1n) is 8.25. The summed E-state index contributed by atoms with van der Waals surface area (Å²) in [6.07, 6.45) is 0. The highest BCUT2D eigenvalue weighted by Gasteiger charge is 2.32. The molecule has 1 aliphatic heterocycles. The maximum Gasteiger partial charge on any atom is 0.255 e. The van der Waals surface area contributed by atoms with Gasteiger partial charge in [-0.3, -0.25) is 4.79 Å². The van der Waals surface area contributed by atoms with Gasteiger partial charge < -0.3 is 4.90 Å². The summed E-state index contributed by atoms with van der Waals surface area (Å²) in [6.45, 7) is 7.21. The van der Waals surface area contributed by atoms with Crippen LogP contribution in [0.5, 0.6) is 0 Å². The van der Waals surface area contributed by atoms with E-state index in [1.165, 1.54) is 5.56 Å². The van der Waals surface area contributed by atoms with Crippen LogP contribution in [0.3, 0.4) is 0 Å².